The molecule has 4 rings (SSSR count). The van der Waals surface area contributed by atoms with Crippen LogP contribution in [0.2, 0.25) is 0 Å². The Morgan fingerprint density at radius 2 is 1.31 bits per heavy atom. The molecule has 2 unspecified atom stereocenters. The van der Waals surface area contributed by atoms with Crippen LogP contribution >= 0.6 is 0 Å². The van der Waals surface area contributed by atoms with E-state index in [1.54, 1.807) is 21.1 Å². The van der Waals surface area contributed by atoms with Crippen molar-refractivity contribution >= 4 is 17.7 Å². The molecule has 0 aromatic heterocycles. The molecule has 2 aliphatic rings. The molecule has 0 aliphatic carbocycles. The van der Waals surface area contributed by atoms with Gasteiger partial charge >= 0.3 is 11.9 Å². The summed E-state index contributed by atoms with van der Waals surface area (Å²) >= 11 is 0. The molecule has 1 saturated heterocycles. The van der Waals surface area contributed by atoms with Gasteiger partial charge in [-0.2, -0.15) is 0 Å². The largest absolute Gasteiger partial charge is 0.497 e. The van der Waals surface area contributed by atoms with Gasteiger partial charge in [-0.1, -0.05) is 79.7 Å². The van der Waals surface area contributed by atoms with Crippen LogP contribution in [0.5, 0.6) is 11.5 Å². The van der Waals surface area contributed by atoms with Gasteiger partial charge in [0, 0.05) is 53.3 Å². The first-order valence-electron chi connectivity index (χ1n) is 21.3. The van der Waals surface area contributed by atoms with E-state index in [0.717, 1.165) is 54.1 Å². The molecule has 0 spiro atoms. The molecule has 332 valence electrons. The lowest BCUT2D eigenvalue weighted by molar-refractivity contribution is -0.177. The lowest BCUT2D eigenvalue weighted by Gasteiger charge is -2.49. The molecule has 2 atom stereocenters. The fourth-order valence-corrected chi connectivity index (χ4v) is 8.46. The van der Waals surface area contributed by atoms with Crippen LogP contribution in [0.3, 0.4) is 0 Å². The highest BCUT2D eigenvalue weighted by atomic mass is 16.5. The average Bonchev–Trinajstić information content (AvgIpc) is 3.66. The third-order valence-electron chi connectivity index (χ3n) is 11.3. The van der Waals surface area contributed by atoms with Gasteiger partial charge in [0.15, 0.2) is 0 Å². The van der Waals surface area contributed by atoms with Crippen LogP contribution < -0.4 is 9.47 Å². The van der Waals surface area contributed by atoms with Gasteiger partial charge < -0.3 is 43.0 Å². The zero-order valence-electron chi connectivity index (χ0n) is 38.1. The van der Waals surface area contributed by atoms with E-state index in [4.69, 9.17) is 37.9 Å². The standard InChI is InChI=1S/C24H38O6.C24H36O5/c1-7-29-20(25)13-8-9-14-28-16-22(2,3)24(26)21(30-17-23(24,4)5)18-11-10-12-19(15-18)27-6;1-7-28-20(25)13-8-9-14-27-16-23(2,3)22-21(29-17-24(22,4)5)18-11-10-12-19(15-18)26-6/h10-12,15,21,26H,7-9,13-14,16-17H2,1-6H3;10-12,15H,7-9,13-14,16-17H2,1-6H3. The second kappa shape index (κ2) is 22.3. The summed E-state index contributed by atoms with van der Waals surface area (Å²) in [5, 5.41) is 12.1. The van der Waals surface area contributed by atoms with E-state index in [9.17, 15) is 14.7 Å². The highest BCUT2D eigenvalue weighted by Gasteiger charge is 2.63. The van der Waals surface area contributed by atoms with Crippen LogP contribution in [0.25, 0.3) is 5.76 Å². The molecule has 0 saturated carbocycles. The number of hydrogen-bond acceptors (Lipinski definition) is 11. The third kappa shape index (κ3) is 13.2. The van der Waals surface area contributed by atoms with Gasteiger partial charge in [-0.15, -0.1) is 0 Å². The molecule has 0 radical (unpaired) electrons. The molecular weight excluding hydrogens is 753 g/mol. The fraction of sp³-hybridized carbons (Fsp3) is 0.667. The van der Waals surface area contributed by atoms with Gasteiger partial charge in [0.05, 0.1) is 53.9 Å². The van der Waals surface area contributed by atoms with Gasteiger partial charge in [0.1, 0.15) is 29.0 Å². The molecule has 59 heavy (non-hydrogen) atoms. The van der Waals surface area contributed by atoms with Gasteiger partial charge in [0.2, 0.25) is 0 Å². The number of aliphatic hydroxyl groups is 1. The molecule has 11 heteroatoms. The Hall–Kier alpha value is -3.64. The Morgan fingerprint density at radius 3 is 1.86 bits per heavy atom. The van der Waals surface area contributed by atoms with Crippen LogP contribution in [-0.4, -0.2) is 89.7 Å². The van der Waals surface area contributed by atoms with E-state index in [2.05, 4.69) is 33.8 Å². The summed E-state index contributed by atoms with van der Waals surface area (Å²) in [6, 6.07) is 15.7. The Labute approximate surface area is 354 Å². The predicted molar refractivity (Wildman–Crippen MR) is 230 cm³/mol. The van der Waals surface area contributed by atoms with E-state index in [-0.39, 0.29) is 22.8 Å². The molecule has 0 amide bonds. The lowest BCUT2D eigenvalue weighted by Crippen LogP contribution is -2.57. The van der Waals surface area contributed by atoms with Crippen molar-refractivity contribution < 1.29 is 52.6 Å². The summed E-state index contributed by atoms with van der Waals surface area (Å²) < 4.78 is 44.9. The Kier molecular flexibility index (Phi) is 18.8. The van der Waals surface area contributed by atoms with Crippen LogP contribution in [-0.2, 0) is 38.0 Å². The number of ether oxygens (including phenoxy) is 8. The second-order valence-corrected chi connectivity index (χ2v) is 18.1. The van der Waals surface area contributed by atoms with Crippen LogP contribution in [0, 0.1) is 21.7 Å². The number of rotatable bonds is 22. The quantitative estimate of drug-likeness (QED) is 0.0901. The zero-order valence-corrected chi connectivity index (χ0v) is 38.1. The van der Waals surface area contributed by atoms with E-state index >= 15 is 0 Å². The molecular formula is C48H74O11. The second-order valence-electron chi connectivity index (χ2n) is 18.1. The molecule has 2 aromatic rings. The van der Waals surface area contributed by atoms with E-state index in [1.165, 1.54) is 5.57 Å². The Balaban J connectivity index is 0.000000316. The minimum Gasteiger partial charge on any atom is -0.497 e. The molecule has 2 heterocycles. The van der Waals surface area contributed by atoms with Gasteiger partial charge in [0.25, 0.3) is 0 Å². The van der Waals surface area contributed by atoms with Crippen molar-refractivity contribution in [1.29, 1.82) is 0 Å². The lowest BCUT2D eigenvalue weighted by atomic mass is 9.59. The van der Waals surface area contributed by atoms with Gasteiger partial charge in [-0.05, 0) is 74.9 Å². The Bertz CT molecular complexity index is 1660. The summed E-state index contributed by atoms with van der Waals surface area (Å²) in [7, 11) is 3.30. The smallest absolute Gasteiger partial charge is 0.305 e. The first-order valence-corrected chi connectivity index (χ1v) is 21.3. The first-order chi connectivity index (χ1) is 27.8. The van der Waals surface area contributed by atoms with Crippen molar-refractivity contribution in [2.75, 3.05) is 67.1 Å². The average molecular weight is 827 g/mol. The first kappa shape index (κ1) is 49.7. The molecule has 1 fully saturated rings. The number of carbonyl (C=O) groups excluding carboxylic acids is 2. The maximum atomic E-state index is 12.1. The summed E-state index contributed by atoms with van der Waals surface area (Å²) in [6.45, 7) is 24.7. The zero-order chi connectivity index (χ0) is 43.9. The number of esters is 2. The maximum Gasteiger partial charge on any atom is 0.305 e. The fourth-order valence-electron chi connectivity index (χ4n) is 8.46. The van der Waals surface area contributed by atoms with Crippen molar-refractivity contribution in [2.24, 2.45) is 21.7 Å². The number of hydrogen-bond donors (Lipinski definition) is 1. The van der Waals surface area contributed by atoms with Crippen molar-refractivity contribution in [3.05, 3.63) is 65.2 Å². The minimum atomic E-state index is -1.14. The number of benzene rings is 2. The van der Waals surface area contributed by atoms with E-state index in [0.29, 0.717) is 65.7 Å². The molecule has 11 nitrogen and oxygen atoms in total. The number of methoxy groups -OCH3 is 2. The van der Waals surface area contributed by atoms with Gasteiger partial charge in [-0.3, -0.25) is 9.59 Å². The van der Waals surface area contributed by atoms with Crippen molar-refractivity contribution in [2.45, 2.75) is 119 Å². The number of unbranched alkanes of at least 4 members (excludes halogenated alkanes) is 2. The Morgan fingerprint density at radius 1 is 0.763 bits per heavy atom. The van der Waals surface area contributed by atoms with E-state index in [1.807, 2.05) is 77.1 Å². The van der Waals surface area contributed by atoms with Crippen molar-refractivity contribution in [3.8, 4) is 11.5 Å². The van der Waals surface area contributed by atoms with Crippen LogP contribution in [0.1, 0.15) is 125 Å². The van der Waals surface area contributed by atoms with E-state index < -0.39 is 22.5 Å². The maximum absolute atomic E-state index is 12.1. The summed E-state index contributed by atoms with van der Waals surface area (Å²) in [5.41, 5.74) is 0.771. The highest BCUT2D eigenvalue weighted by Crippen LogP contribution is 2.58. The minimum absolute atomic E-state index is 0.0742. The summed E-state index contributed by atoms with van der Waals surface area (Å²) in [4.78, 5) is 22.8. The number of carbonyl (C=O) groups is 2. The molecule has 1 N–H and O–H groups in total. The normalized spacial score (nSPS) is 19.7. The molecule has 2 aliphatic heterocycles. The van der Waals surface area contributed by atoms with Crippen LogP contribution in [0.15, 0.2) is 54.1 Å². The summed E-state index contributed by atoms with van der Waals surface area (Å²) in [5.74, 6) is 2.19. The molecule has 2 aromatic carbocycles. The monoisotopic (exact) mass is 827 g/mol. The third-order valence-corrected chi connectivity index (χ3v) is 11.3. The highest BCUT2D eigenvalue weighted by molar-refractivity contribution is 5.70. The topological polar surface area (TPSA) is 128 Å². The summed E-state index contributed by atoms with van der Waals surface area (Å²) in [6.07, 6.45) is 3.50. The van der Waals surface area contributed by atoms with Crippen molar-refractivity contribution in [1.82, 2.24) is 0 Å². The molecule has 0 bridgehead atoms. The van der Waals surface area contributed by atoms with Crippen molar-refractivity contribution in [3.63, 3.8) is 0 Å². The van der Waals surface area contributed by atoms with Gasteiger partial charge in [-0.25, -0.2) is 0 Å². The van der Waals surface area contributed by atoms with Crippen LogP contribution in [0.4, 0.5) is 0 Å². The SMILES string of the molecule is CCOC(=O)CCCCOCC(C)(C)C1(O)C(c2cccc(OC)c2)OCC1(C)C.CCOC(=O)CCCCOCC(C)(C)C1=C(c2cccc(OC)c2)OCC1(C)C. The predicted octanol–water partition coefficient (Wildman–Crippen LogP) is 9.54.